The van der Waals surface area contributed by atoms with Gasteiger partial charge in [-0.2, -0.15) is 0 Å². The fourth-order valence-electron chi connectivity index (χ4n) is 2.86. The molecule has 1 aromatic rings. The molecule has 0 bridgehead atoms. The van der Waals surface area contributed by atoms with E-state index < -0.39 is 60.1 Å². The van der Waals surface area contributed by atoms with Crippen molar-refractivity contribution in [3.05, 3.63) is 35.9 Å². The molecule has 1 aromatic carbocycles. The summed E-state index contributed by atoms with van der Waals surface area (Å²) in [6.45, 7) is 5.43. The number of likely N-dealkylation sites (N-methyl/N-ethyl adjacent to an activating group) is 1. The lowest BCUT2D eigenvalue weighted by Crippen LogP contribution is -2.62. The third kappa shape index (κ3) is 8.34. The number of carbonyl (C=O) groups is 5. The summed E-state index contributed by atoms with van der Waals surface area (Å²) < 4.78 is 15.1. The van der Waals surface area contributed by atoms with Crippen LogP contribution in [0.3, 0.4) is 0 Å². The number of esters is 2. The van der Waals surface area contributed by atoms with Gasteiger partial charge < -0.3 is 25.7 Å². The molecule has 0 heterocycles. The van der Waals surface area contributed by atoms with Crippen molar-refractivity contribution in [2.24, 2.45) is 17.4 Å². The standard InChI is InChI=1S/C23H34N4O8/c1-14(26(5)22(32)35-23(2,3)4)19(29)27(16(28)12-24)18(25)17(20(30)33-6)21(31)34-13-15-10-8-7-9-11-15/h7-11,14,17-18H,12-13,24-25H2,1-6H3/t14-,17-,18?/m0/s1. The second kappa shape index (κ2) is 12.8. The summed E-state index contributed by atoms with van der Waals surface area (Å²) in [4.78, 5) is 64.9. The van der Waals surface area contributed by atoms with E-state index in [1.54, 1.807) is 51.1 Å². The molecule has 12 heteroatoms. The Hall–Kier alpha value is -3.51. The Morgan fingerprint density at radius 3 is 2.09 bits per heavy atom. The molecule has 1 unspecified atom stereocenters. The summed E-state index contributed by atoms with van der Waals surface area (Å²) in [7, 11) is 2.31. The fraction of sp³-hybridized carbons (Fsp3) is 0.522. The highest BCUT2D eigenvalue weighted by Crippen LogP contribution is 2.17. The van der Waals surface area contributed by atoms with Gasteiger partial charge in [-0.15, -0.1) is 0 Å². The lowest BCUT2D eigenvalue weighted by atomic mass is 10.0. The number of amides is 3. The Balaban J connectivity index is 3.20. The van der Waals surface area contributed by atoms with E-state index in [-0.39, 0.29) is 6.61 Å². The zero-order chi connectivity index (χ0) is 26.9. The topological polar surface area (TPSA) is 172 Å². The molecule has 0 spiro atoms. The van der Waals surface area contributed by atoms with Crippen LogP contribution in [0, 0.1) is 5.92 Å². The van der Waals surface area contributed by atoms with E-state index in [9.17, 15) is 24.0 Å². The number of imide groups is 1. The Labute approximate surface area is 204 Å². The maximum absolute atomic E-state index is 13.2. The summed E-state index contributed by atoms with van der Waals surface area (Å²) in [5.41, 5.74) is 11.3. The minimum Gasteiger partial charge on any atom is -0.468 e. The Bertz CT molecular complexity index is 916. The van der Waals surface area contributed by atoms with Crippen LogP contribution in [-0.4, -0.2) is 78.2 Å². The average molecular weight is 495 g/mol. The highest BCUT2D eigenvalue weighted by atomic mass is 16.6. The SMILES string of the molecule is COC(=O)[C@@H](C(=O)OCc1ccccc1)C(N)N(C(=O)CN)C(=O)[C@H](C)N(C)C(=O)OC(C)(C)C. The van der Waals surface area contributed by atoms with Gasteiger partial charge >= 0.3 is 18.0 Å². The summed E-state index contributed by atoms with van der Waals surface area (Å²) in [6, 6.07) is 7.37. The van der Waals surface area contributed by atoms with Gasteiger partial charge in [0.2, 0.25) is 5.91 Å². The van der Waals surface area contributed by atoms with E-state index in [4.69, 9.17) is 20.9 Å². The molecule has 0 saturated carbocycles. The molecule has 0 saturated heterocycles. The molecule has 3 atom stereocenters. The lowest BCUT2D eigenvalue weighted by molar-refractivity contribution is -0.167. The van der Waals surface area contributed by atoms with E-state index in [0.29, 0.717) is 10.5 Å². The number of benzene rings is 1. The predicted octanol–water partition coefficient (Wildman–Crippen LogP) is 0.373. The van der Waals surface area contributed by atoms with Gasteiger partial charge in [-0.3, -0.25) is 29.0 Å². The first-order valence-corrected chi connectivity index (χ1v) is 10.8. The van der Waals surface area contributed by atoms with Gasteiger partial charge in [0.05, 0.1) is 13.7 Å². The highest BCUT2D eigenvalue weighted by Gasteiger charge is 2.44. The zero-order valence-electron chi connectivity index (χ0n) is 20.8. The number of carbonyl (C=O) groups excluding carboxylic acids is 5. The second-order valence-corrected chi connectivity index (χ2v) is 8.66. The average Bonchev–Trinajstić information content (AvgIpc) is 2.81. The molecule has 0 aliphatic heterocycles. The molecule has 0 aliphatic rings. The number of nitrogens with zero attached hydrogens (tertiary/aromatic N) is 2. The number of nitrogens with two attached hydrogens (primary N) is 2. The molecule has 0 fully saturated rings. The monoisotopic (exact) mass is 494 g/mol. The normalized spacial score (nSPS) is 13.6. The minimum atomic E-state index is -1.86. The first kappa shape index (κ1) is 29.5. The van der Waals surface area contributed by atoms with E-state index in [1.165, 1.54) is 14.0 Å². The first-order valence-electron chi connectivity index (χ1n) is 10.8. The molecule has 35 heavy (non-hydrogen) atoms. The van der Waals surface area contributed by atoms with Crippen molar-refractivity contribution in [1.29, 1.82) is 0 Å². The van der Waals surface area contributed by atoms with Crippen molar-refractivity contribution in [3.8, 4) is 0 Å². The summed E-state index contributed by atoms with van der Waals surface area (Å²) >= 11 is 0. The quantitative estimate of drug-likeness (QED) is 0.211. The van der Waals surface area contributed by atoms with Crippen molar-refractivity contribution in [3.63, 3.8) is 0 Å². The third-order valence-corrected chi connectivity index (χ3v) is 4.87. The van der Waals surface area contributed by atoms with Crippen molar-refractivity contribution >= 4 is 29.8 Å². The van der Waals surface area contributed by atoms with Crippen LogP contribution in [0.4, 0.5) is 4.79 Å². The molecule has 4 N–H and O–H groups in total. The van der Waals surface area contributed by atoms with Crippen LogP contribution in [-0.2, 0) is 40.0 Å². The van der Waals surface area contributed by atoms with Crippen LogP contribution in [0.2, 0.25) is 0 Å². The molecular formula is C23H34N4O8. The molecule has 0 aromatic heterocycles. The highest BCUT2D eigenvalue weighted by molar-refractivity contribution is 6.02. The van der Waals surface area contributed by atoms with Crippen LogP contribution < -0.4 is 11.5 Å². The Morgan fingerprint density at radius 1 is 1.03 bits per heavy atom. The first-order chi connectivity index (χ1) is 16.2. The van der Waals surface area contributed by atoms with Crippen LogP contribution >= 0.6 is 0 Å². The van der Waals surface area contributed by atoms with Crippen molar-refractivity contribution < 1.29 is 38.2 Å². The van der Waals surface area contributed by atoms with Crippen LogP contribution in [0.5, 0.6) is 0 Å². The maximum Gasteiger partial charge on any atom is 0.410 e. The molecular weight excluding hydrogens is 460 g/mol. The third-order valence-electron chi connectivity index (χ3n) is 4.87. The molecule has 194 valence electrons. The summed E-state index contributed by atoms with van der Waals surface area (Å²) in [6.07, 6.45) is -2.65. The smallest absolute Gasteiger partial charge is 0.410 e. The van der Waals surface area contributed by atoms with Crippen molar-refractivity contribution in [1.82, 2.24) is 9.80 Å². The molecule has 12 nitrogen and oxygen atoms in total. The summed E-state index contributed by atoms with van der Waals surface area (Å²) in [5, 5.41) is 0. The summed E-state index contributed by atoms with van der Waals surface area (Å²) in [5.74, 6) is -6.04. The number of hydrogen-bond acceptors (Lipinski definition) is 10. The van der Waals surface area contributed by atoms with Gasteiger partial charge in [-0.1, -0.05) is 30.3 Å². The van der Waals surface area contributed by atoms with Crippen LogP contribution in [0.25, 0.3) is 0 Å². The van der Waals surface area contributed by atoms with Gasteiger partial charge in [0.25, 0.3) is 5.91 Å². The number of methoxy groups -OCH3 is 1. The van der Waals surface area contributed by atoms with Gasteiger partial charge in [0.1, 0.15) is 24.4 Å². The number of hydrogen-bond donors (Lipinski definition) is 2. The van der Waals surface area contributed by atoms with Gasteiger partial charge in [-0.25, -0.2) is 4.79 Å². The van der Waals surface area contributed by atoms with Gasteiger partial charge in [0, 0.05) is 7.05 Å². The second-order valence-electron chi connectivity index (χ2n) is 8.66. The Morgan fingerprint density at radius 2 is 1.60 bits per heavy atom. The van der Waals surface area contributed by atoms with E-state index in [0.717, 1.165) is 12.0 Å². The fourth-order valence-corrected chi connectivity index (χ4v) is 2.86. The molecule has 0 aliphatic carbocycles. The lowest BCUT2D eigenvalue weighted by Gasteiger charge is -2.35. The largest absolute Gasteiger partial charge is 0.468 e. The zero-order valence-corrected chi connectivity index (χ0v) is 20.8. The Kier molecular flexibility index (Phi) is 10.8. The van der Waals surface area contributed by atoms with E-state index >= 15 is 0 Å². The minimum absolute atomic E-state index is 0.184. The van der Waals surface area contributed by atoms with Gasteiger partial charge in [-0.05, 0) is 33.3 Å². The van der Waals surface area contributed by atoms with Crippen molar-refractivity contribution in [2.75, 3.05) is 20.7 Å². The molecule has 1 rings (SSSR count). The van der Waals surface area contributed by atoms with Crippen LogP contribution in [0.1, 0.15) is 33.3 Å². The molecule has 0 radical (unpaired) electrons. The van der Waals surface area contributed by atoms with Crippen LogP contribution in [0.15, 0.2) is 30.3 Å². The number of rotatable bonds is 9. The van der Waals surface area contributed by atoms with E-state index in [2.05, 4.69) is 4.74 Å². The molecule has 3 amide bonds. The number of ether oxygens (including phenoxy) is 3. The van der Waals surface area contributed by atoms with Crippen molar-refractivity contribution in [2.45, 2.75) is 52.1 Å². The maximum atomic E-state index is 13.2. The predicted molar refractivity (Wildman–Crippen MR) is 124 cm³/mol. The van der Waals surface area contributed by atoms with Gasteiger partial charge in [0.15, 0.2) is 5.92 Å². The van der Waals surface area contributed by atoms with E-state index in [1.807, 2.05) is 0 Å².